The fourth-order valence-corrected chi connectivity index (χ4v) is 2.68. The second kappa shape index (κ2) is 2.97. The number of nitrogens with zero attached hydrogens (tertiary/aromatic N) is 1. The number of anilines is 2. The highest BCUT2D eigenvalue weighted by atomic mass is 16.6. The van der Waals surface area contributed by atoms with E-state index in [1.165, 1.54) is 6.07 Å². The highest BCUT2D eigenvalue weighted by Crippen LogP contribution is 2.53. The third-order valence-electron chi connectivity index (χ3n) is 3.73. The molecule has 0 bridgehead atoms. The second-order valence-electron chi connectivity index (χ2n) is 4.61. The van der Waals surface area contributed by atoms with Gasteiger partial charge in [0.05, 0.1) is 10.3 Å². The number of benzene rings is 1. The fourth-order valence-electron chi connectivity index (χ4n) is 2.68. The first kappa shape index (κ1) is 10.1. The molecule has 0 unspecified atom stereocenters. The molecule has 1 fully saturated rings. The zero-order valence-corrected chi connectivity index (χ0v) is 9.03. The van der Waals surface area contributed by atoms with Crippen molar-refractivity contribution in [2.45, 2.75) is 24.7 Å². The Morgan fingerprint density at radius 3 is 2.65 bits per heavy atom. The van der Waals surface area contributed by atoms with Gasteiger partial charge >= 0.3 is 0 Å². The molecular formula is C11H11N3O3. The maximum absolute atomic E-state index is 11.9. The summed E-state index contributed by atoms with van der Waals surface area (Å²) in [4.78, 5) is 22.4. The van der Waals surface area contributed by atoms with E-state index in [1.807, 2.05) is 0 Å². The first-order valence-electron chi connectivity index (χ1n) is 5.44. The number of carbonyl (C=O) groups is 1. The van der Waals surface area contributed by atoms with E-state index in [-0.39, 0.29) is 11.6 Å². The Morgan fingerprint density at radius 1 is 1.41 bits per heavy atom. The van der Waals surface area contributed by atoms with Crippen LogP contribution >= 0.6 is 0 Å². The van der Waals surface area contributed by atoms with Crippen LogP contribution in [0.1, 0.15) is 24.8 Å². The van der Waals surface area contributed by atoms with Gasteiger partial charge in [-0.2, -0.15) is 0 Å². The van der Waals surface area contributed by atoms with Gasteiger partial charge in [-0.3, -0.25) is 14.9 Å². The predicted octanol–water partition coefficient (Wildman–Crippen LogP) is 1.55. The quantitative estimate of drug-likeness (QED) is 0.436. The van der Waals surface area contributed by atoms with Crippen molar-refractivity contribution in [2.24, 2.45) is 0 Å². The van der Waals surface area contributed by atoms with Gasteiger partial charge in [0.1, 0.15) is 5.69 Å². The number of nitrogens with one attached hydrogen (secondary N) is 1. The zero-order chi connectivity index (χ0) is 12.2. The molecule has 6 nitrogen and oxygen atoms in total. The maximum atomic E-state index is 11.9. The molecule has 1 spiro atoms. The molecule has 0 radical (unpaired) electrons. The molecule has 3 N–H and O–H groups in total. The summed E-state index contributed by atoms with van der Waals surface area (Å²) in [6, 6.07) is 2.97. The first-order valence-corrected chi connectivity index (χ1v) is 5.44. The van der Waals surface area contributed by atoms with Gasteiger partial charge in [-0.1, -0.05) is 6.42 Å². The van der Waals surface area contributed by atoms with E-state index in [1.54, 1.807) is 6.07 Å². The van der Waals surface area contributed by atoms with Gasteiger partial charge in [0.2, 0.25) is 5.91 Å². The molecule has 0 aromatic heterocycles. The third kappa shape index (κ3) is 1.12. The van der Waals surface area contributed by atoms with E-state index < -0.39 is 10.3 Å². The van der Waals surface area contributed by atoms with E-state index in [0.29, 0.717) is 16.9 Å². The predicted molar refractivity (Wildman–Crippen MR) is 61.7 cm³/mol. The minimum atomic E-state index is -0.560. The smallest absolute Gasteiger partial charge is 0.295 e. The van der Waals surface area contributed by atoms with Crippen LogP contribution < -0.4 is 11.1 Å². The van der Waals surface area contributed by atoms with Gasteiger partial charge in [0.25, 0.3) is 5.69 Å². The largest absolute Gasteiger partial charge is 0.399 e. The molecule has 6 heteroatoms. The van der Waals surface area contributed by atoms with Crippen molar-refractivity contribution in [1.29, 1.82) is 0 Å². The number of hydrogen-bond acceptors (Lipinski definition) is 4. The van der Waals surface area contributed by atoms with Gasteiger partial charge in [-0.25, -0.2) is 0 Å². The van der Waals surface area contributed by atoms with Crippen LogP contribution in [-0.2, 0) is 10.2 Å². The maximum Gasteiger partial charge on any atom is 0.295 e. The molecule has 3 rings (SSSR count). The Morgan fingerprint density at radius 2 is 2.12 bits per heavy atom. The van der Waals surface area contributed by atoms with Crippen molar-refractivity contribution in [2.75, 3.05) is 11.1 Å². The van der Waals surface area contributed by atoms with Crippen molar-refractivity contribution < 1.29 is 9.72 Å². The van der Waals surface area contributed by atoms with Gasteiger partial charge < -0.3 is 11.1 Å². The molecule has 0 atom stereocenters. The Balaban J connectivity index is 2.25. The van der Waals surface area contributed by atoms with E-state index >= 15 is 0 Å². The molecule has 17 heavy (non-hydrogen) atoms. The molecule has 1 aliphatic carbocycles. The number of amides is 1. The van der Waals surface area contributed by atoms with Gasteiger partial charge in [0.15, 0.2) is 0 Å². The standard InChI is InChI=1S/C11H11N3O3/c12-6-4-7-9(8(5-6)14(16)17)13-10(15)11(7)2-1-3-11/h4-5H,1-3,12H2,(H,13,15). The Bertz CT molecular complexity index is 549. The molecule has 88 valence electrons. The lowest BCUT2D eigenvalue weighted by Crippen LogP contribution is -2.40. The highest BCUT2D eigenvalue weighted by Gasteiger charge is 2.53. The number of rotatable bonds is 1. The molecule has 0 saturated heterocycles. The summed E-state index contributed by atoms with van der Waals surface area (Å²) < 4.78 is 0. The molecule has 1 saturated carbocycles. The SMILES string of the molecule is Nc1cc([N+](=O)[O-])c2c(c1)C1(CCC1)C(=O)N2. The summed E-state index contributed by atoms with van der Waals surface area (Å²) in [5.74, 6) is -0.132. The van der Waals surface area contributed by atoms with Crippen molar-refractivity contribution in [1.82, 2.24) is 0 Å². The summed E-state index contributed by atoms with van der Waals surface area (Å²) in [6.45, 7) is 0. The number of nitro groups is 1. The lowest BCUT2D eigenvalue weighted by Gasteiger charge is -2.36. The Hall–Kier alpha value is -2.11. The van der Waals surface area contributed by atoms with Crippen molar-refractivity contribution >= 4 is 23.0 Å². The van der Waals surface area contributed by atoms with E-state index in [2.05, 4.69) is 5.32 Å². The minimum absolute atomic E-state index is 0.114. The lowest BCUT2D eigenvalue weighted by atomic mass is 9.65. The average molecular weight is 233 g/mol. The number of fused-ring (bicyclic) bond motifs is 2. The van der Waals surface area contributed by atoms with E-state index in [0.717, 1.165) is 19.3 Å². The summed E-state index contributed by atoms with van der Waals surface area (Å²) >= 11 is 0. The van der Waals surface area contributed by atoms with Crippen molar-refractivity contribution in [3.63, 3.8) is 0 Å². The normalized spacial score (nSPS) is 19.6. The molecule has 1 aromatic rings. The number of nitro benzene ring substituents is 1. The van der Waals surface area contributed by atoms with Crippen LogP contribution in [0.3, 0.4) is 0 Å². The molecular weight excluding hydrogens is 222 g/mol. The van der Waals surface area contributed by atoms with Crippen LogP contribution in [0.15, 0.2) is 12.1 Å². The summed E-state index contributed by atoms with van der Waals surface area (Å²) in [7, 11) is 0. The fraction of sp³-hybridized carbons (Fsp3) is 0.364. The molecule has 1 heterocycles. The lowest BCUT2D eigenvalue weighted by molar-refractivity contribution is -0.383. The van der Waals surface area contributed by atoms with Crippen LogP contribution in [0.25, 0.3) is 0 Å². The monoisotopic (exact) mass is 233 g/mol. The summed E-state index contributed by atoms with van der Waals surface area (Å²) in [6.07, 6.45) is 2.45. The van der Waals surface area contributed by atoms with Gasteiger partial charge in [-0.15, -0.1) is 0 Å². The molecule has 2 aliphatic rings. The van der Waals surface area contributed by atoms with Crippen LogP contribution in [0.2, 0.25) is 0 Å². The number of nitrogens with two attached hydrogens (primary N) is 1. The van der Waals surface area contributed by atoms with Crippen LogP contribution in [0.4, 0.5) is 17.1 Å². The van der Waals surface area contributed by atoms with E-state index in [4.69, 9.17) is 5.73 Å². The number of nitrogen functional groups attached to an aromatic ring is 1. The van der Waals surface area contributed by atoms with Gasteiger partial charge in [0, 0.05) is 17.3 Å². The Labute approximate surface area is 96.9 Å². The summed E-state index contributed by atoms with van der Waals surface area (Å²) in [5.41, 5.74) is 6.35. The van der Waals surface area contributed by atoms with Crippen molar-refractivity contribution in [3.8, 4) is 0 Å². The van der Waals surface area contributed by atoms with Crippen molar-refractivity contribution in [3.05, 3.63) is 27.8 Å². The average Bonchev–Trinajstić information content (AvgIpc) is 2.48. The third-order valence-corrected chi connectivity index (χ3v) is 3.73. The number of hydrogen-bond donors (Lipinski definition) is 2. The van der Waals surface area contributed by atoms with Gasteiger partial charge in [-0.05, 0) is 18.9 Å². The molecule has 1 aromatic carbocycles. The summed E-state index contributed by atoms with van der Waals surface area (Å²) in [5, 5.41) is 13.6. The van der Waals surface area contributed by atoms with Crippen LogP contribution in [0.5, 0.6) is 0 Å². The number of carbonyl (C=O) groups excluding carboxylic acids is 1. The Kier molecular flexibility index (Phi) is 1.76. The van der Waals surface area contributed by atoms with Crippen LogP contribution in [-0.4, -0.2) is 10.8 Å². The topological polar surface area (TPSA) is 98.3 Å². The first-order chi connectivity index (χ1) is 8.04. The second-order valence-corrected chi connectivity index (χ2v) is 4.61. The molecule has 1 amide bonds. The molecule has 1 aliphatic heterocycles. The van der Waals surface area contributed by atoms with E-state index in [9.17, 15) is 14.9 Å². The zero-order valence-electron chi connectivity index (χ0n) is 9.03. The van der Waals surface area contributed by atoms with Crippen LogP contribution in [0, 0.1) is 10.1 Å². The minimum Gasteiger partial charge on any atom is -0.399 e. The highest BCUT2D eigenvalue weighted by molar-refractivity contribution is 6.09.